The van der Waals surface area contributed by atoms with Crippen LogP contribution < -0.4 is 5.32 Å². The van der Waals surface area contributed by atoms with Crippen LogP contribution in [0.5, 0.6) is 0 Å². The standard InChI is InChI=1S/C30H33N3O4S/c1-21-10-12-24(13-11-21)29(36)33-26(28(35)31-22(2)23-7-4-3-5-8-23)20-37-30(33)14-16-32(17-15-30)27(34)19-25-9-6-18-38-25/h3-13,18,22,26H,14-17,19-20H2,1-2H3,(H,31,35)/t22-,26-/m1/s1. The van der Waals surface area contributed by atoms with Gasteiger partial charge in [-0.15, -0.1) is 11.3 Å². The maximum Gasteiger partial charge on any atom is 0.256 e. The van der Waals surface area contributed by atoms with Gasteiger partial charge in [0.05, 0.1) is 19.1 Å². The lowest BCUT2D eigenvalue weighted by molar-refractivity contribution is -0.143. The van der Waals surface area contributed by atoms with E-state index in [1.807, 2.05) is 78.7 Å². The van der Waals surface area contributed by atoms with Crippen LogP contribution in [-0.4, -0.2) is 59.0 Å². The Balaban J connectivity index is 1.35. The van der Waals surface area contributed by atoms with Gasteiger partial charge in [0, 0.05) is 36.4 Å². The number of hydrogen-bond donors (Lipinski definition) is 1. The van der Waals surface area contributed by atoms with E-state index in [0.717, 1.165) is 16.0 Å². The number of piperidine rings is 1. The Hall–Kier alpha value is -3.49. The molecule has 8 heteroatoms. The fourth-order valence-corrected chi connectivity index (χ4v) is 6.01. The zero-order valence-corrected chi connectivity index (χ0v) is 22.6. The summed E-state index contributed by atoms with van der Waals surface area (Å²) in [5.41, 5.74) is 1.63. The van der Waals surface area contributed by atoms with Gasteiger partial charge in [-0.1, -0.05) is 54.1 Å². The second kappa shape index (κ2) is 11.1. The van der Waals surface area contributed by atoms with Crippen molar-refractivity contribution < 1.29 is 19.1 Å². The summed E-state index contributed by atoms with van der Waals surface area (Å²) in [4.78, 5) is 44.9. The van der Waals surface area contributed by atoms with Crippen molar-refractivity contribution in [1.82, 2.24) is 15.1 Å². The van der Waals surface area contributed by atoms with Crippen LogP contribution in [0.25, 0.3) is 0 Å². The van der Waals surface area contributed by atoms with Crippen LogP contribution >= 0.6 is 11.3 Å². The van der Waals surface area contributed by atoms with Crippen molar-refractivity contribution in [1.29, 1.82) is 0 Å². The molecular formula is C30H33N3O4S. The maximum absolute atomic E-state index is 13.9. The molecule has 2 aliphatic rings. The second-order valence-corrected chi connectivity index (χ2v) is 11.1. The predicted molar refractivity (Wildman–Crippen MR) is 147 cm³/mol. The molecule has 1 N–H and O–H groups in total. The first kappa shape index (κ1) is 26.1. The molecule has 5 rings (SSSR count). The molecule has 2 aliphatic heterocycles. The molecule has 2 atom stereocenters. The van der Waals surface area contributed by atoms with E-state index in [9.17, 15) is 14.4 Å². The average Bonchev–Trinajstić information content (AvgIpc) is 3.57. The van der Waals surface area contributed by atoms with E-state index in [-0.39, 0.29) is 30.4 Å². The van der Waals surface area contributed by atoms with Gasteiger partial charge < -0.3 is 15.0 Å². The van der Waals surface area contributed by atoms with E-state index in [4.69, 9.17) is 4.74 Å². The Labute approximate surface area is 227 Å². The molecule has 1 aromatic heterocycles. The third-order valence-corrected chi connectivity index (χ3v) is 8.42. The number of aryl methyl sites for hydroxylation is 1. The highest BCUT2D eigenvalue weighted by atomic mass is 32.1. The average molecular weight is 532 g/mol. The van der Waals surface area contributed by atoms with Crippen molar-refractivity contribution in [2.75, 3.05) is 19.7 Å². The Bertz CT molecular complexity index is 1270. The van der Waals surface area contributed by atoms with E-state index in [0.29, 0.717) is 37.9 Å². The van der Waals surface area contributed by atoms with Gasteiger partial charge >= 0.3 is 0 Å². The molecule has 0 saturated carbocycles. The summed E-state index contributed by atoms with van der Waals surface area (Å²) in [5.74, 6) is -0.397. The number of thiophene rings is 1. The minimum Gasteiger partial charge on any atom is -0.353 e. The summed E-state index contributed by atoms with van der Waals surface area (Å²) in [6, 6.07) is 20.1. The zero-order chi connectivity index (χ0) is 26.7. The van der Waals surface area contributed by atoms with Crippen LogP contribution in [-0.2, 0) is 20.7 Å². The topological polar surface area (TPSA) is 79.0 Å². The molecule has 38 heavy (non-hydrogen) atoms. The van der Waals surface area contributed by atoms with Crippen molar-refractivity contribution in [2.24, 2.45) is 0 Å². The Morgan fingerprint density at radius 2 is 1.74 bits per heavy atom. The Morgan fingerprint density at radius 3 is 2.39 bits per heavy atom. The van der Waals surface area contributed by atoms with E-state index in [2.05, 4.69) is 5.32 Å². The molecular weight excluding hydrogens is 498 g/mol. The molecule has 198 valence electrons. The smallest absolute Gasteiger partial charge is 0.256 e. The van der Waals surface area contributed by atoms with Gasteiger partial charge in [0.2, 0.25) is 11.8 Å². The largest absolute Gasteiger partial charge is 0.353 e. The highest BCUT2D eigenvalue weighted by molar-refractivity contribution is 7.10. The van der Waals surface area contributed by atoms with E-state index in [1.54, 1.807) is 28.4 Å². The SMILES string of the molecule is Cc1ccc(C(=O)N2[C@@H](C(=O)N[C@H](C)c3ccccc3)COC23CCN(C(=O)Cc2cccs2)CC3)cc1. The fourth-order valence-electron chi connectivity index (χ4n) is 5.32. The maximum atomic E-state index is 13.9. The minimum absolute atomic E-state index is 0.0719. The van der Waals surface area contributed by atoms with Crippen molar-refractivity contribution in [2.45, 2.75) is 50.9 Å². The number of likely N-dealkylation sites (tertiary alicyclic amines) is 1. The normalized spacial score (nSPS) is 19.4. The zero-order valence-electron chi connectivity index (χ0n) is 21.8. The third kappa shape index (κ3) is 5.37. The molecule has 3 amide bonds. The van der Waals surface area contributed by atoms with Gasteiger partial charge in [0.15, 0.2) is 0 Å². The molecule has 0 aliphatic carbocycles. The summed E-state index contributed by atoms with van der Waals surface area (Å²) in [6.07, 6.45) is 1.29. The molecule has 1 spiro atoms. The lowest BCUT2D eigenvalue weighted by Gasteiger charge is -2.44. The Morgan fingerprint density at radius 1 is 1.03 bits per heavy atom. The number of rotatable bonds is 6. The van der Waals surface area contributed by atoms with Crippen LogP contribution in [0, 0.1) is 6.92 Å². The van der Waals surface area contributed by atoms with E-state index >= 15 is 0 Å². The monoisotopic (exact) mass is 531 g/mol. The van der Waals surface area contributed by atoms with Gasteiger partial charge in [-0.25, -0.2) is 0 Å². The van der Waals surface area contributed by atoms with Crippen molar-refractivity contribution in [3.63, 3.8) is 0 Å². The molecule has 2 aromatic carbocycles. The van der Waals surface area contributed by atoms with Crippen LogP contribution in [0.2, 0.25) is 0 Å². The lowest BCUT2D eigenvalue weighted by Crippen LogP contribution is -2.60. The van der Waals surface area contributed by atoms with Gasteiger partial charge in [0.25, 0.3) is 5.91 Å². The molecule has 2 fully saturated rings. The number of nitrogens with one attached hydrogen (secondary N) is 1. The third-order valence-electron chi connectivity index (χ3n) is 7.54. The molecule has 7 nitrogen and oxygen atoms in total. The summed E-state index contributed by atoms with van der Waals surface area (Å²) >= 11 is 1.57. The molecule has 2 saturated heterocycles. The number of hydrogen-bond acceptors (Lipinski definition) is 5. The van der Waals surface area contributed by atoms with Gasteiger partial charge in [-0.2, -0.15) is 0 Å². The van der Waals surface area contributed by atoms with E-state index in [1.165, 1.54) is 0 Å². The highest BCUT2D eigenvalue weighted by Crippen LogP contribution is 2.39. The van der Waals surface area contributed by atoms with Crippen molar-refractivity contribution in [3.05, 3.63) is 93.7 Å². The first-order chi connectivity index (χ1) is 18.4. The number of benzene rings is 2. The molecule has 0 bridgehead atoms. The minimum atomic E-state index is -0.931. The van der Waals surface area contributed by atoms with Crippen LogP contribution in [0.3, 0.4) is 0 Å². The highest BCUT2D eigenvalue weighted by Gasteiger charge is 2.54. The first-order valence-corrected chi connectivity index (χ1v) is 13.9. The Kier molecular flexibility index (Phi) is 7.63. The molecule has 3 heterocycles. The fraction of sp³-hybridized carbons (Fsp3) is 0.367. The lowest BCUT2D eigenvalue weighted by atomic mass is 9.96. The van der Waals surface area contributed by atoms with Gasteiger partial charge in [0.1, 0.15) is 11.8 Å². The first-order valence-electron chi connectivity index (χ1n) is 13.1. The summed E-state index contributed by atoms with van der Waals surface area (Å²) in [5, 5.41) is 5.05. The predicted octanol–water partition coefficient (Wildman–Crippen LogP) is 4.34. The number of ether oxygens (including phenoxy) is 1. The molecule has 0 radical (unpaired) electrons. The number of amides is 3. The molecule has 0 unspecified atom stereocenters. The van der Waals surface area contributed by atoms with Gasteiger partial charge in [-0.3, -0.25) is 19.3 Å². The van der Waals surface area contributed by atoms with Crippen LogP contribution in [0.15, 0.2) is 72.1 Å². The number of carbonyl (C=O) groups is 3. The van der Waals surface area contributed by atoms with Crippen LogP contribution in [0.1, 0.15) is 52.2 Å². The summed E-state index contributed by atoms with van der Waals surface area (Å²) in [6.45, 7) is 4.96. The molecule has 3 aromatic rings. The number of carbonyl (C=O) groups excluding carboxylic acids is 3. The summed E-state index contributed by atoms with van der Waals surface area (Å²) in [7, 11) is 0. The number of nitrogens with zero attached hydrogens (tertiary/aromatic N) is 2. The second-order valence-electron chi connectivity index (χ2n) is 10.1. The van der Waals surface area contributed by atoms with Crippen LogP contribution in [0.4, 0.5) is 0 Å². The van der Waals surface area contributed by atoms with Gasteiger partial charge in [-0.05, 0) is 43.0 Å². The van der Waals surface area contributed by atoms with Crippen molar-refractivity contribution in [3.8, 4) is 0 Å². The van der Waals surface area contributed by atoms with Crippen molar-refractivity contribution >= 4 is 29.1 Å². The quantitative estimate of drug-likeness (QED) is 0.514. The van der Waals surface area contributed by atoms with E-state index < -0.39 is 11.8 Å². The summed E-state index contributed by atoms with van der Waals surface area (Å²) < 4.78 is 6.32.